The standard InChI is InChI=1S/C18H14Br2FN/c19-11-6-4-10(5-7-11)17-14-3-1-2-13(14)15-8-12(20)9-16(21)18(15)22-17/h1-2,4-9,13-14,17,22H,3H2/t13-,14+,17-/m1/s1. The van der Waals surface area contributed by atoms with Crippen molar-refractivity contribution in [3.63, 3.8) is 0 Å². The zero-order valence-electron chi connectivity index (χ0n) is 11.7. The zero-order chi connectivity index (χ0) is 15.3. The lowest BCUT2D eigenvalue weighted by Gasteiger charge is -2.37. The van der Waals surface area contributed by atoms with Gasteiger partial charge in [-0.3, -0.25) is 0 Å². The minimum absolute atomic E-state index is 0.135. The van der Waals surface area contributed by atoms with Gasteiger partial charge in [0.25, 0.3) is 0 Å². The van der Waals surface area contributed by atoms with Gasteiger partial charge >= 0.3 is 0 Å². The SMILES string of the molecule is Fc1cc(Br)cc2c1N[C@H](c1ccc(Br)cc1)[C@H]1CC=C[C@@H]21. The highest BCUT2D eigenvalue weighted by atomic mass is 79.9. The Labute approximate surface area is 145 Å². The lowest BCUT2D eigenvalue weighted by atomic mass is 9.77. The zero-order valence-corrected chi connectivity index (χ0v) is 14.9. The minimum atomic E-state index is -0.190. The van der Waals surface area contributed by atoms with E-state index < -0.39 is 0 Å². The van der Waals surface area contributed by atoms with Crippen LogP contribution in [0.5, 0.6) is 0 Å². The van der Waals surface area contributed by atoms with Gasteiger partial charge < -0.3 is 5.32 Å². The van der Waals surface area contributed by atoms with Gasteiger partial charge in [-0.25, -0.2) is 4.39 Å². The number of halogens is 3. The molecule has 2 aliphatic rings. The van der Waals surface area contributed by atoms with Crippen molar-refractivity contribution in [1.82, 2.24) is 0 Å². The van der Waals surface area contributed by atoms with E-state index in [4.69, 9.17) is 0 Å². The van der Waals surface area contributed by atoms with Crippen LogP contribution in [0, 0.1) is 11.7 Å². The summed E-state index contributed by atoms with van der Waals surface area (Å²) in [5.74, 6) is 0.518. The fourth-order valence-corrected chi connectivity index (χ4v) is 4.33. The second-order valence-corrected chi connectivity index (χ2v) is 7.71. The average Bonchev–Trinajstić information content (AvgIpc) is 2.97. The summed E-state index contributed by atoms with van der Waals surface area (Å²) < 4.78 is 16.3. The maximum absolute atomic E-state index is 14.4. The first-order valence-corrected chi connectivity index (χ1v) is 8.89. The number of hydrogen-bond donors (Lipinski definition) is 1. The van der Waals surface area contributed by atoms with Crippen molar-refractivity contribution >= 4 is 37.5 Å². The maximum Gasteiger partial charge on any atom is 0.147 e. The average molecular weight is 423 g/mol. The van der Waals surface area contributed by atoms with Gasteiger partial charge in [0.2, 0.25) is 0 Å². The highest BCUT2D eigenvalue weighted by Gasteiger charge is 2.39. The van der Waals surface area contributed by atoms with E-state index in [1.165, 1.54) is 11.6 Å². The molecule has 3 atom stereocenters. The van der Waals surface area contributed by atoms with Crippen LogP contribution in [0.15, 0.2) is 57.5 Å². The second-order valence-electron chi connectivity index (χ2n) is 5.88. The molecular formula is C18H14Br2FN. The Morgan fingerprint density at radius 3 is 2.59 bits per heavy atom. The number of rotatable bonds is 1. The van der Waals surface area contributed by atoms with Crippen LogP contribution in [-0.2, 0) is 0 Å². The summed E-state index contributed by atoms with van der Waals surface area (Å²) in [6.45, 7) is 0. The first kappa shape index (κ1) is 14.5. The molecule has 0 saturated carbocycles. The molecule has 1 heterocycles. The van der Waals surface area contributed by atoms with Crippen LogP contribution >= 0.6 is 31.9 Å². The third-order valence-corrected chi connectivity index (χ3v) is 5.60. The van der Waals surface area contributed by atoms with Gasteiger partial charge in [0.15, 0.2) is 0 Å². The van der Waals surface area contributed by atoms with E-state index in [1.54, 1.807) is 0 Å². The quantitative estimate of drug-likeness (QED) is 0.541. The van der Waals surface area contributed by atoms with E-state index in [9.17, 15) is 4.39 Å². The molecule has 0 spiro atoms. The molecule has 0 fully saturated rings. The predicted molar refractivity (Wildman–Crippen MR) is 94.6 cm³/mol. The van der Waals surface area contributed by atoms with Crippen molar-refractivity contribution in [2.24, 2.45) is 5.92 Å². The van der Waals surface area contributed by atoms with Crippen molar-refractivity contribution in [1.29, 1.82) is 0 Å². The maximum atomic E-state index is 14.4. The van der Waals surface area contributed by atoms with Gasteiger partial charge in [0.05, 0.1) is 11.7 Å². The first-order chi connectivity index (χ1) is 10.6. The topological polar surface area (TPSA) is 12.0 Å². The van der Waals surface area contributed by atoms with Crippen molar-refractivity contribution < 1.29 is 4.39 Å². The lowest BCUT2D eigenvalue weighted by molar-refractivity contribution is 0.420. The van der Waals surface area contributed by atoms with E-state index in [-0.39, 0.29) is 17.8 Å². The fraction of sp³-hybridized carbons (Fsp3) is 0.222. The third-order valence-electron chi connectivity index (χ3n) is 4.61. The Balaban J connectivity index is 1.82. The number of hydrogen-bond acceptors (Lipinski definition) is 1. The summed E-state index contributed by atoms with van der Waals surface area (Å²) >= 11 is 6.88. The Hall–Kier alpha value is -1.13. The van der Waals surface area contributed by atoms with Gasteiger partial charge in [-0.1, -0.05) is 56.1 Å². The summed E-state index contributed by atoms with van der Waals surface area (Å²) in [5, 5.41) is 3.45. The molecule has 0 radical (unpaired) electrons. The van der Waals surface area contributed by atoms with E-state index in [0.29, 0.717) is 11.6 Å². The van der Waals surface area contributed by atoms with Gasteiger partial charge in [-0.2, -0.15) is 0 Å². The molecule has 0 saturated heterocycles. The Morgan fingerprint density at radius 2 is 1.82 bits per heavy atom. The number of anilines is 1. The van der Waals surface area contributed by atoms with Crippen LogP contribution in [0.4, 0.5) is 10.1 Å². The molecule has 1 N–H and O–H groups in total. The molecule has 0 unspecified atom stereocenters. The third kappa shape index (κ3) is 2.33. The fourth-order valence-electron chi connectivity index (χ4n) is 3.62. The number of benzene rings is 2. The number of allylic oxidation sites excluding steroid dienone is 2. The summed E-state index contributed by atoms with van der Waals surface area (Å²) in [6, 6.07) is 12.0. The predicted octanol–water partition coefficient (Wildman–Crippen LogP) is 6.18. The van der Waals surface area contributed by atoms with Gasteiger partial charge in [-0.15, -0.1) is 0 Å². The molecule has 112 valence electrons. The summed E-state index contributed by atoms with van der Waals surface area (Å²) in [5.41, 5.74) is 2.90. The smallest absolute Gasteiger partial charge is 0.147 e. The molecule has 0 aromatic heterocycles. The molecule has 0 amide bonds. The van der Waals surface area contributed by atoms with Crippen LogP contribution in [0.25, 0.3) is 0 Å². The molecule has 2 aromatic carbocycles. The lowest BCUT2D eigenvalue weighted by Crippen LogP contribution is -2.29. The second kappa shape index (κ2) is 5.50. The van der Waals surface area contributed by atoms with Crippen LogP contribution < -0.4 is 5.32 Å². The molecule has 1 nitrogen and oxygen atoms in total. The van der Waals surface area contributed by atoms with Crippen LogP contribution in [0.1, 0.15) is 29.5 Å². The molecule has 1 aliphatic carbocycles. The highest BCUT2D eigenvalue weighted by molar-refractivity contribution is 9.10. The molecule has 4 rings (SSSR count). The van der Waals surface area contributed by atoms with Gasteiger partial charge in [-0.05, 0) is 47.7 Å². The van der Waals surface area contributed by atoms with Crippen LogP contribution in [-0.4, -0.2) is 0 Å². The Kier molecular flexibility index (Phi) is 3.61. The molecule has 1 aliphatic heterocycles. The van der Waals surface area contributed by atoms with Crippen molar-refractivity contribution in [3.8, 4) is 0 Å². The summed E-state index contributed by atoms with van der Waals surface area (Å²) in [4.78, 5) is 0. The molecule has 0 bridgehead atoms. The van der Waals surface area contributed by atoms with E-state index in [2.05, 4.69) is 61.5 Å². The Bertz CT molecular complexity index is 754. The normalized spacial score (nSPS) is 25.5. The van der Waals surface area contributed by atoms with Crippen molar-refractivity contribution in [3.05, 3.63) is 74.4 Å². The van der Waals surface area contributed by atoms with Crippen LogP contribution in [0.2, 0.25) is 0 Å². The summed E-state index contributed by atoms with van der Waals surface area (Å²) in [6.07, 6.45) is 5.46. The van der Waals surface area contributed by atoms with E-state index in [1.807, 2.05) is 18.2 Å². The van der Waals surface area contributed by atoms with Crippen molar-refractivity contribution in [2.45, 2.75) is 18.4 Å². The summed E-state index contributed by atoms with van der Waals surface area (Å²) in [7, 11) is 0. The van der Waals surface area contributed by atoms with Gasteiger partial charge in [0.1, 0.15) is 5.82 Å². The monoisotopic (exact) mass is 421 g/mol. The molecule has 4 heteroatoms. The molecule has 22 heavy (non-hydrogen) atoms. The highest BCUT2D eigenvalue weighted by Crippen LogP contribution is 2.51. The van der Waals surface area contributed by atoms with Crippen LogP contribution in [0.3, 0.4) is 0 Å². The number of fused-ring (bicyclic) bond motifs is 3. The minimum Gasteiger partial charge on any atom is -0.375 e. The molecule has 2 aromatic rings. The molecular weight excluding hydrogens is 409 g/mol. The van der Waals surface area contributed by atoms with Crippen molar-refractivity contribution in [2.75, 3.05) is 5.32 Å². The number of nitrogens with one attached hydrogen (secondary N) is 1. The van der Waals surface area contributed by atoms with E-state index >= 15 is 0 Å². The van der Waals surface area contributed by atoms with Gasteiger partial charge in [0, 0.05) is 14.9 Å². The Morgan fingerprint density at radius 1 is 1.05 bits per heavy atom. The largest absolute Gasteiger partial charge is 0.375 e. The first-order valence-electron chi connectivity index (χ1n) is 7.31. The van der Waals surface area contributed by atoms with E-state index in [0.717, 1.165) is 20.9 Å².